The van der Waals surface area contributed by atoms with Crippen LogP contribution in [0.5, 0.6) is 0 Å². The summed E-state index contributed by atoms with van der Waals surface area (Å²) in [6.07, 6.45) is 0. The Morgan fingerprint density at radius 1 is 1.43 bits per heavy atom. The number of hydrogen-bond acceptors (Lipinski definition) is 3. The lowest BCUT2D eigenvalue weighted by atomic mass is 10.2. The number of nitrogens with two attached hydrogens (primary N) is 1. The highest BCUT2D eigenvalue weighted by molar-refractivity contribution is 5.88. The molecule has 4 heteroatoms. The van der Waals surface area contributed by atoms with E-state index in [9.17, 15) is 4.79 Å². The maximum atomic E-state index is 11.4. The zero-order chi connectivity index (χ0) is 10.3. The van der Waals surface area contributed by atoms with Crippen LogP contribution in [0.15, 0.2) is 27.5 Å². The summed E-state index contributed by atoms with van der Waals surface area (Å²) in [7, 11) is 0. The molecule has 1 heterocycles. The van der Waals surface area contributed by atoms with E-state index >= 15 is 0 Å². The molecule has 4 nitrogen and oxygen atoms in total. The van der Waals surface area contributed by atoms with Crippen molar-refractivity contribution in [3.05, 3.63) is 28.6 Å². The van der Waals surface area contributed by atoms with Crippen LogP contribution in [0.3, 0.4) is 0 Å². The molecule has 1 aromatic heterocycles. The van der Waals surface area contributed by atoms with E-state index in [0.717, 1.165) is 0 Å². The van der Waals surface area contributed by atoms with Gasteiger partial charge in [0.2, 0.25) is 0 Å². The number of nitrogen functional groups attached to an aromatic ring is 1. The highest BCUT2D eigenvalue weighted by atomic mass is 16.5. The number of aromatic nitrogens is 1. The second-order valence-corrected chi connectivity index (χ2v) is 3.54. The van der Waals surface area contributed by atoms with Crippen LogP contribution in [0, 0.1) is 0 Å². The van der Waals surface area contributed by atoms with E-state index < -0.39 is 0 Å². The Kier molecular flexibility index (Phi) is 1.84. The fraction of sp³-hybridized carbons (Fsp3) is 0.300. The summed E-state index contributed by atoms with van der Waals surface area (Å²) < 4.78 is 6.64. The smallest absolute Gasteiger partial charge is 0.365 e. The second-order valence-electron chi connectivity index (χ2n) is 3.54. The third-order valence-corrected chi connectivity index (χ3v) is 2.16. The molecule has 2 aromatic rings. The number of hydrogen-bond donors (Lipinski definition) is 1. The van der Waals surface area contributed by atoms with E-state index in [4.69, 9.17) is 10.3 Å². The molecule has 0 atom stereocenters. The van der Waals surface area contributed by atoms with Crippen LogP contribution in [0.25, 0.3) is 10.9 Å². The van der Waals surface area contributed by atoms with Gasteiger partial charge in [0.15, 0.2) is 0 Å². The molecule has 0 unspecified atom stereocenters. The highest BCUT2D eigenvalue weighted by Gasteiger charge is 2.13. The van der Waals surface area contributed by atoms with Crippen molar-refractivity contribution in [2.45, 2.75) is 19.9 Å². The molecule has 74 valence electrons. The average molecular weight is 192 g/mol. The number of anilines is 1. The van der Waals surface area contributed by atoms with Gasteiger partial charge in [-0.1, -0.05) is 6.07 Å². The van der Waals surface area contributed by atoms with Crippen molar-refractivity contribution in [3.63, 3.8) is 0 Å². The summed E-state index contributed by atoms with van der Waals surface area (Å²) in [5, 5.41) is 0.540. The van der Waals surface area contributed by atoms with Gasteiger partial charge in [0, 0.05) is 0 Å². The van der Waals surface area contributed by atoms with Crippen molar-refractivity contribution in [2.75, 3.05) is 5.73 Å². The molecule has 0 saturated carbocycles. The zero-order valence-electron chi connectivity index (χ0n) is 8.15. The molecule has 0 spiro atoms. The van der Waals surface area contributed by atoms with Crippen molar-refractivity contribution in [1.82, 2.24) is 4.74 Å². The summed E-state index contributed by atoms with van der Waals surface area (Å²) in [5.74, 6) is 0. The van der Waals surface area contributed by atoms with E-state index in [1.165, 1.54) is 0 Å². The van der Waals surface area contributed by atoms with E-state index in [1.54, 1.807) is 22.9 Å². The molecule has 0 bridgehead atoms. The van der Waals surface area contributed by atoms with Gasteiger partial charge in [-0.3, -0.25) is 0 Å². The Bertz CT molecular complexity index is 522. The van der Waals surface area contributed by atoms with Gasteiger partial charge in [0.05, 0.1) is 17.1 Å². The van der Waals surface area contributed by atoms with Crippen molar-refractivity contribution in [1.29, 1.82) is 0 Å². The molecular weight excluding hydrogens is 180 g/mol. The summed E-state index contributed by atoms with van der Waals surface area (Å²) in [4.78, 5) is 11.4. The maximum absolute atomic E-state index is 11.4. The summed E-state index contributed by atoms with van der Waals surface area (Å²) in [5.41, 5.74) is 6.71. The first-order chi connectivity index (χ1) is 6.61. The number of rotatable bonds is 1. The molecule has 0 radical (unpaired) electrons. The van der Waals surface area contributed by atoms with Crippen LogP contribution in [-0.2, 0) is 0 Å². The van der Waals surface area contributed by atoms with E-state index in [2.05, 4.69) is 0 Å². The molecule has 0 aliphatic rings. The Morgan fingerprint density at radius 2 is 2.14 bits per heavy atom. The lowest BCUT2D eigenvalue weighted by molar-refractivity contribution is 0.235. The number of para-hydroxylation sites is 1. The lowest BCUT2D eigenvalue weighted by Crippen LogP contribution is -2.01. The Hall–Kier alpha value is -1.71. The summed E-state index contributed by atoms with van der Waals surface area (Å²) in [6, 6.07) is 5.32. The fourth-order valence-corrected chi connectivity index (χ4v) is 1.52. The number of fused-ring (bicyclic) bond motifs is 1. The third kappa shape index (κ3) is 1.11. The molecule has 2 N–H and O–H groups in total. The average Bonchev–Trinajstić information content (AvgIpc) is 2.46. The molecule has 2 rings (SSSR count). The van der Waals surface area contributed by atoms with Gasteiger partial charge in [-0.15, -0.1) is 0 Å². The molecule has 0 aliphatic heterocycles. The van der Waals surface area contributed by atoms with Gasteiger partial charge >= 0.3 is 5.63 Å². The minimum Gasteiger partial charge on any atom is -0.397 e. The molecule has 14 heavy (non-hydrogen) atoms. The first-order valence-electron chi connectivity index (χ1n) is 4.51. The molecule has 0 aliphatic carbocycles. The first kappa shape index (κ1) is 8.87. The highest BCUT2D eigenvalue weighted by Crippen LogP contribution is 2.21. The van der Waals surface area contributed by atoms with Gasteiger partial charge in [-0.05, 0) is 26.0 Å². The molecule has 0 fully saturated rings. The van der Waals surface area contributed by atoms with E-state index in [1.807, 2.05) is 13.8 Å². The number of nitrogens with zero attached hydrogens (tertiary/aromatic N) is 1. The van der Waals surface area contributed by atoms with Crippen molar-refractivity contribution >= 4 is 16.6 Å². The number of benzene rings is 1. The Balaban J connectivity index is 2.93. The SMILES string of the molecule is CC(C)n1oc(=O)c2cccc(N)c21. The minimum atomic E-state index is -0.332. The van der Waals surface area contributed by atoms with Gasteiger partial charge in [-0.2, -0.15) is 0 Å². The predicted molar refractivity (Wildman–Crippen MR) is 55.3 cm³/mol. The summed E-state index contributed by atoms with van der Waals surface area (Å²) in [6.45, 7) is 3.88. The molecule has 1 aromatic carbocycles. The van der Waals surface area contributed by atoms with Crippen LogP contribution in [0.4, 0.5) is 5.69 Å². The molecular formula is C10H12N2O2. The predicted octanol–water partition coefficient (Wildman–Crippen LogP) is 1.76. The van der Waals surface area contributed by atoms with Crippen molar-refractivity contribution in [3.8, 4) is 0 Å². The van der Waals surface area contributed by atoms with Gasteiger partial charge < -0.3 is 10.3 Å². The van der Waals surface area contributed by atoms with E-state index in [-0.39, 0.29) is 11.7 Å². The topological polar surface area (TPSA) is 61.2 Å². The lowest BCUT2D eigenvalue weighted by Gasteiger charge is -2.06. The second kappa shape index (κ2) is 2.90. The van der Waals surface area contributed by atoms with Crippen molar-refractivity contribution in [2.24, 2.45) is 0 Å². The molecule has 0 amide bonds. The first-order valence-corrected chi connectivity index (χ1v) is 4.51. The molecule has 0 saturated heterocycles. The van der Waals surface area contributed by atoms with Gasteiger partial charge in [0.1, 0.15) is 5.52 Å². The maximum Gasteiger partial charge on any atom is 0.365 e. The largest absolute Gasteiger partial charge is 0.397 e. The Morgan fingerprint density at radius 3 is 2.79 bits per heavy atom. The van der Waals surface area contributed by atoms with Crippen LogP contribution < -0.4 is 11.4 Å². The zero-order valence-corrected chi connectivity index (χ0v) is 8.15. The van der Waals surface area contributed by atoms with Crippen molar-refractivity contribution < 1.29 is 4.52 Å². The van der Waals surface area contributed by atoms with Crippen LogP contribution in [0.2, 0.25) is 0 Å². The van der Waals surface area contributed by atoms with Crippen LogP contribution >= 0.6 is 0 Å². The fourth-order valence-electron chi connectivity index (χ4n) is 1.52. The van der Waals surface area contributed by atoms with Crippen LogP contribution in [-0.4, -0.2) is 4.74 Å². The third-order valence-electron chi connectivity index (χ3n) is 2.16. The normalized spacial score (nSPS) is 11.4. The summed E-state index contributed by atoms with van der Waals surface area (Å²) >= 11 is 0. The van der Waals surface area contributed by atoms with Gasteiger partial charge in [-0.25, -0.2) is 9.53 Å². The monoisotopic (exact) mass is 192 g/mol. The Labute approximate surface area is 80.9 Å². The quantitative estimate of drug-likeness (QED) is 0.700. The minimum absolute atomic E-state index is 0.0879. The van der Waals surface area contributed by atoms with Gasteiger partial charge in [0.25, 0.3) is 0 Å². The van der Waals surface area contributed by atoms with Crippen LogP contribution in [0.1, 0.15) is 19.9 Å². The standard InChI is InChI=1S/C10H12N2O2/c1-6(2)12-9-7(10(13)14-12)4-3-5-8(9)11/h3-6H,11H2,1-2H3. The van der Waals surface area contributed by atoms with E-state index in [0.29, 0.717) is 16.6 Å².